The minimum Gasteiger partial charge on any atom is -0.507 e. The highest BCUT2D eigenvalue weighted by Gasteiger charge is 2.41. The fraction of sp³-hybridized carbons (Fsp3) is 0.381. The molecule has 0 spiro atoms. The number of anilines is 1. The number of fused-ring (bicyclic) bond motifs is 2. The number of ether oxygens (including phenoxy) is 3. The summed E-state index contributed by atoms with van der Waals surface area (Å²) < 4.78 is 16.5. The molecule has 2 aromatic carbocycles. The number of hydrogen-bond donors (Lipinski definition) is 1. The number of nitrogens with zero attached hydrogens (tertiary/aromatic N) is 1. The summed E-state index contributed by atoms with van der Waals surface area (Å²) in [4.78, 5) is 15.2. The van der Waals surface area contributed by atoms with Gasteiger partial charge in [0.05, 0.1) is 25.2 Å². The Labute approximate surface area is 157 Å². The van der Waals surface area contributed by atoms with Crippen molar-refractivity contribution in [2.75, 3.05) is 24.8 Å². The van der Waals surface area contributed by atoms with E-state index in [1.165, 1.54) is 0 Å². The van der Waals surface area contributed by atoms with Gasteiger partial charge in [-0.2, -0.15) is 0 Å². The van der Waals surface area contributed by atoms with Crippen LogP contribution >= 0.6 is 0 Å². The van der Waals surface area contributed by atoms with Crippen molar-refractivity contribution in [2.24, 2.45) is 0 Å². The van der Waals surface area contributed by atoms with Gasteiger partial charge in [0.25, 0.3) is 0 Å². The lowest BCUT2D eigenvalue weighted by Crippen LogP contribution is -2.36. The predicted octanol–water partition coefficient (Wildman–Crippen LogP) is 2.92. The first kappa shape index (κ1) is 16.6. The molecule has 1 N–H and O–H groups in total. The smallest absolute Gasteiger partial charge is 0.239 e. The van der Waals surface area contributed by atoms with Crippen molar-refractivity contribution in [1.82, 2.24) is 0 Å². The van der Waals surface area contributed by atoms with Gasteiger partial charge in [0.1, 0.15) is 11.5 Å². The number of hydrogen-bond acceptors (Lipinski definition) is 5. The van der Waals surface area contributed by atoms with E-state index >= 15 is 0 Å². The zero-order valence-corrected chi connectivity index (χ0v) is 14.9. The molecule has 5 rings (SSSR count). The molecule has 2 aromatic rings. The molecule has 0 aromatic heterocycles. The number of benzene rings is 2. The highest BCUT2D eigenvalue weighted by Crippen LogP contribution is 2.45. The maximum atomic E-state index is 13.4. The largest absolute Gasteiger partial charge is 0.507 e. The van der Waals surface area contributed by atoms with E-state index in [0.717, 1.165) is 36.3 Å². The third-order valence-electron chi connectivity index (χ3n) is 5.54. The third kappa shape index (κ3) is 2.76. The van der Waals surface area contributed by atoms with E-state index < -0.39 is 5.92 Å². The molecular weight excluding hydrogens is 346 g/mol. The van der Waals surface area contributed by atoms with Gasteiger partial charge in [-0.1, -0.05) is 18.2 Å². The Hall–Kier alpha value is -2.57. The van der Waals surface area contributed by atoms with Crippen LogP contribution in [0.3, 0.4) is 0 Å². The number of amides is 1. The standard InChI is InChI=1S/C21H21NO5/c23-18-9-19-13(11-25-12-27-19)8-16(18)20-15-5-1-2-6-17(15)22(21(20)24)10-14-4-3-7-26-14/h1-2,5-6,8-9,14,20,23H,3-4,7,10-12H2. The highest BCUT2D eigenvalue weighted by atomic mass is 16.7. The molecule has 3 heterocycles. The second-order valence-corrected chi connectivity index (χ2v) is 7.21. The van der Waals surface area contributed by atoms with Crippen molar-refractivity contribution in [2.45, 2.75) is 31.5 Å². The lowest BCUT2D eigenvalue weighted by atomic mass is 9.90. The number of phenols is 1. The molecule has 140 valence electrons. The predicted molar refractivity (Wildman–Crippen MR) is 98.0 cm³/mol. The molecule has 0 bridgehead atoms. The van der Waals surface area contributed by atoms with Crippen LogP contribution in [0.4, 0.5) is 5.69 Å². The van der Waals surface area contributed by atoms with Crippen LogP contribution in [-0.4, -0.2) is 37.1 Å². The topological polar surface area (TPSA) is 68.2 Å². The van der Waals surface area contributed by atoms with E-state index in [2.05, 4.69) is 0 Å². The first-order valence-electron chi connectivity index (χ1n) is 9.30. The van der Waals surface area contributed by atoms with Gasteiger partial charge in [0, 0.05) is 29.5 Å². The van der Waals surface area contributed by atoms with Crippen molar-refractivity contribution in [3.05, 3.63) is 53.1 Å². The molecule has 27 heavy (non-hydrogen) atoms. The van der Waals surface area contributed by atoms with Crippen LogP contribution in [0.25, 0.3) is 0 Å². The molecule has 0 aliphatic carbocycles. The molecule has 1 amide bonds. The van der Waals surface area contributed by atoms with Gasteiger partial charge in [-0.3, -0.25) is 4.79 Å². The Balaban J connectivity index is 1.55. The minimum absolute atomic E-state index is 0.0282. The second kappa shape index (κ2) is 6.55. The number of aromatic hydroxyl groups is 1. The summed E-state index contributed by atoms with van der Waals surface area (Å²) in [6, 6.07) is 11.2. The van der Waals surface area contributed by atoms with E-state index in [-0.39, 0.29) is 24.6 Å². The normalized spacial score (nSPS) is 23.9. The van der Waals surface area contributed by atoms with E-state index in [4.69, 9.17) is 14.2 Å². The molecule has 6 heteroatoms. The molecule has 1 fully saturated rings. The molecule has 3 aliphatic rings. The van der Waals surface area contributed by atoms with Gasteiger partial charge < -0.3 is 24.2 Å². The van der Waals surface area contributed by atoms with Gasteiger partial charge in [-0.25, -0.2) is 0 Å². The van der Waals surface area contributed by atoms with Crippen LogP contribution in [0.5, 0.6) is 11.5 Å². The number of rotatable bonds is 3. The molecule has 1 saturated heterocycles. The fourth-order valence-electron chi connectivity index (χ4n) is 4.23. The Kier molecular flexibility index (Phi) is 4.02. The second-order valence-electron chi connectivity index (χ2n) is 7.21. The van der Waals surface area contributed by atoms with E-state index in [9.17, 15) is 9.90 Å². The average molecular weight is 367 g/mol. The Morgan fingerprint density at radius 3 is 2.93 bits per heavy atom. The van der Waals surface area contributed by atoms with Crippen molar-refractivity contribution < 1.29 is 24.1 Å². The minimum atomic E-state index is -0.533. The maximum absolute atomic E-state index is 13.4. The highest BCUT2D eigenvalue weighted by molar-refractivity contribution is 6.07. The summed E-state index contributed by atoms with van der Waals surface area (Å²) in [5, 5.41) is 10.6. The van der Waals surface area contributed by atoms with Gasteiger partial charge >= 0.3 is 0 Å². The summed E-state index contributed by atoms with van der Waals surface area (Å²) in [6.07, 6.45) is 2.07. The van der Waals surface area contributed by atoms with Crippen LogP contribution in [0.1, 0.15) is 35.4 Å². The molecule has 6 nitrogen and oxygen atoms in total. The van der Waals surface area contributed by atoms with Crippen LogP contribution < -0.4 is 9.64 Å². The van der Waals surface area contributed by atoms with E-state index in [1.54, 1.807) is 6.07 Å². The average Bonchev–Trinajstić information content (AvgIpc) is 3.29. The van der Waals surface area contributed by atoms with Crippen molar-refractivity contribution >= 4 is 11.6 Å². The molecule has 0 radical (unpaired) electrons. The Morgan fingerprint density at radius 1 is 1.19 bits per heavy atom. The monoisotopic (exact) mass is 367 g/mol. The summed E-state index contributed by atoms with van der Waals surface area (Å²) in [5.41, 5.74) is 3.24. The number of carbonyl (C=O) groups is 1. The Bertz CT molecular complexity index is 890. The number of carbonyl (C=O) groups excluding carboxylic acids is 1. The summed E-state index contributed by atoms with van der Waals surface area (Å²) in [6.45, 7) is 1.88. The first-order valence-corrected chi connectivity index (χ1v) is 9.30. The van der Waals surface area contributed by atoms with Gasteiger partial charge in [-0.15, -0.1) is 0 Å². The van der Waals surface area contributed by atoms with Crippen LogP contribution in [0, 0.1) is 0 Å². The third-order valence-corrected chi connectivity index (χ3v) is 5.54. The van der Waals surface area contributed by atoms with Gasteiger partial charge in [-0.05, 0) is 30.5 Å². The zero-order chi connectivity index (χ0) is 18.4. The van der Waals surface area contributed by atoms with Crippen LogP contribution in [0.15, 0.2) is 36.4 Å². The quantitative estimate of drug-likeness (QED) is 0.903. The summed E-state index contributed by atoms with van der Waals surface area (Å²) >= 11 is 0. The SMILES string of the molecule is O=C1C(c2cc3c(cc2O)OCOC3)c2ccccc2N1CC1CCCO1. The lowest BCUT2D eigenvalue weighted by Gasteiger charge is -2.23. The summed E-state index contributed by atoms with van der Waals surface area (Å²) in [7, 11) is 0. The molecular formula is C21H21NO5. The first-order chi connectivity index (χ1) is 13.2. The van der Waals surface area contributed by atoms with E-state index in [1.807, 2.05) is 35.2 Å². The maximum Gasteiger partial charge on any atom is 0.239 e. The van der Waals surface area contributed by atoms with Crippen LogP contribution in [0.2, 0.25) is 0 Å². The number of phenolic OH excluding ortho intramolecular Hbond substituents is 1. The van der Waals surface area contributed by atoms with E-state index in [0.29, 0.717) is 24.5 Å². The molecule has 3 aliphatic heterocycles. The summed E-state index contributed by atoms with van der Waals surface area (Å²) in [5.74, 6) is 0.120. The van der Waals surface area contributed by atoms with Crippen molar-refractivity contribution in [3.8, 4) is 11.5 Å². The van der Waals surface area contributed by atoms with Gasteiger partial charge in [0.2, 0.25) is 5.91 Å². The molecule has 2 atom stereocenters. The van der Waals surface area contributed by atoms with Crippen molar-refractivity contribution in [3.63, 3.8) is 0 Å². The van der Waals surface area contributed by atoms with Crippen LogP contribution in [-0.2, 0) is 20.9 Å². The Morgan fingerprint density at radius 2 is 2.07 bits per heavy atom. The van der Waals surface area contributed by atoms with Crippen molar-refractivity contribution in [1.29, 1.82) is 0 Å². The number of para-hydroxylation sites is 1. The molecule has 0 saturated carbocycles. The zero-order valence-electron chi connectivity index (χ0n) is 14.9. The lowest BCUT2D eigenvalue weighted by molar-refractivity contribution is -0.118. The molecule has 2 unspecified atom stereocenters. The van der Waals surface area contributed by atoms with Gasteiger partial charge in [0.15, 0.2) is 6.79 Å². The fourth-order valence-corrected chi connectivity index (χ4v) is 4.23.